The van der Waals surface area contributed by atoms with Gasteiger partial charge in [-0.1, -0.05) is 23.9 Å². The molecule has 7 nitrogen and oxygen atoms in total. The van der Waals surface area contributed by atoms with E-state index >= 15 is 0 Å². The zero-order valence-corrected chi connectivity index (χ0v) is 17.5. The molecule has 0 saturated carbocycles. The second-order valence-corrected chi connectivity index (χ2v) is 7.77. The van der Waals surface area contributed by atoms with E-state index < -0.39 is 0 Å². The smallest absolute Gasteiger partial charge is 0.212 e. The number of likely N-dealkylation sites (N-methyl/N-ethyl adjacent to an activating group) is 1. The van der Waals surface area contributed by atoms with Gasteiger partial charge in [-0.3, -0.25) is 0 Å². The fourth-order valence-electron chi connectivity index (χ4n) is 2.96. The van der Waals surface area contributed by atoms with Gasteiger partial charge in [0.15, 0.2) is 5.82 Å². The summed E-state index contributed by atoms with van der Waals surface area (Å²) in [6.07, 6.45) is 0. The van der Waals surface area contributed by atoms with Crippen LogP contribution in [0.5, 0.6) is 11.5 Å². The van der Waals surface area contributed by atoms with E-state index in [1.165, 1.54) is 0 Å². The van der Waals surface area contributed by atoms with Crippen LogP contribution in [0.15, 0.2) is 58.8 Å². The number of hydrogen-bond acceptors (Lipinski definition) is 7. The molecule has 0 unspecified atom stereocenters. The number of benzene rings is 2. The topological polar surface area (TPSA) is 64.8 Å². The first-order valence-corrected chi connectivity index (χ1v) is 10.3. The maximum absolute atomic E-state index is 5.78. The van der Waals surface area contributed by atoms with Crippen LogP contribution >= 0.6 is 11.8 Å². The van der Waals surface area contributed by atoms with Crippen LogP contribution in [0.1, 0.15) is 5.56 Å². The number of fused-ring (bicyclic) bond motifs is 1. The van der Waals surface area contributed by atoms with E-state index in [1.54, 1.807) is 23.5 Å². The molecule has 150 valence electrons. The lowest BCUT2D eigenvalue weighted by Crippen LogP contribution is -2.19. The lowest BCUT2D eigenvalue weighted by molar-refractivity contribution is 0.261. The first kappa shape index (κ1) is 19.5. The molecule has 1 aliphatic heterocycles. The fourth-order valence-corrected chi connectivity index (χ4v) is 3.79. The van der Waals surface area contributed by atoms with Gasteiger partial charge in [-0.25, -0.2) is 0 Å². The Balaban J connectivity index is 1.59. The van der Waals surface area contributed by atoms with Crippen LogP contribution in [0.4, 0.5) is 0 Å². The number of methoxy groups -OCH3 is 1. The van der Waals surface area contributed by atoms with Crippen molar-refractivity contribution in [2.75, 3.05) is 40.1 Å². The molecule has 1 aromatic heterocycles. The average Bonchev–Trinajstić information content (AvgIpc) is 3.17. The molecule has 0 radical (unpaired) electrons. The molecule has 0 atom stereocenters. The van der Waals surface area contributed by atoms with Crippen LogP contribution < -0.4 is 9.47 Å². The summed E-state index contributed by atoms with van der Waals surface area (Å²) in [6, 6.07) is 15.8. The van der Waals surface area contributed by atoms with Crippen molar-refractivity contribution < 1.29 is 9.47 Å². The quantitative estimate of drug-likeness (QED) is 0.597. The summed E-state index contributed by atoms with van der Waals surface area (Å²) >= 11 is 1.62. The van der Waals surface area contributed by atoms with E-state index in [0.29, 0.717) is 12.4 Å². The minimum Gasteiger partial charge on any atom is -0.496 e. The second kappa shape index (κ2) is 8.67. The largest absolute Gasteiger partial charge is 0.496 e. The van der Waals surface area contributed by atoms with Gasteiger partial charge in [0.05, 0.1) is 18.4 Å². The maximum atomic E-state index is 5.78. The van der Waals surface area contributed by atoms with Crippen molar-refractivity contribution in [2.45, 2.75) is 5.16 Å². The number of rotatable bonds is 7. The predicted molar refractivity (Wildman–Crippen MR) is 115 cm³/mol. The second-order valence-electron chi connectivity index (χ2n) is 6.83. The van der Waals surface area contributed by atoms with Crippen LogP contribution in [0.3, 0.4) is 0 Å². The molecule has 4 rings (SSSR count). The molecule has 29 heavy (non-hydrogen) atoms. The average molecular weight is 410 g/mol. The predicted octanol–water partition coefficient (Wildman–Crippen LogP) is 3.25. The van der Waals surface area contributed by atoms with Gasteiger partial charge in [-0.2, -0.15) is 9.78 Å². The van der Waals surface area contributed by atoms with Crippen LogP contribution in [0.25, 0.3) is 11.4 Å². The molecule has 0 aliphatic carbocycles. The highest BCUT2D eigenvalue weighted by Crippen LogP contribution is 2.33. The van der Waals surface area contributed by atoms with E-state index in [0.717, 1.165) is 45.8 Å². The lowest BCUT2D eigenvalue weighted by atomic mass is 10.1. The molecule has 3 aromatic rings. The highest BCUT2D eigenvalue weighted by Gasteiger charge is 2.22. The van der Waals surface area contributed by atoms with Crippen molar-refractivity contribution in [1.82, 2.24) is 19.8 Å². The molecular weight excluding hydrogens is 386 g/mol. The summed E-state index contributed by atoms with van der Waals surface area (Å²) in [5.74, 6) is 3.02. The van der Waals surface area contributed by atoms with Gasteiger partial charge in [-0.05, 0) is 56.1 Å². The molecule has 0 spiro atoms. The SMILES string of the molecule is COc1ccccc1-c1nnc2n1N=C(c1ccc(OCCN(C)C)cc1)CS2. The van der Waals surface area contributed by atoms with Crippen molar-refractivity contribution in [2.24, 2.45) is 5.10 Å². The van der Waals surface area contributed by atoms with Gasteiger partial charge in [0.2, 0.25) is 5.16 Å². The van der Waals surface area contributed by atoms with Gasteiger partial charge in [0, 0.05) is 12.3 Å². The molecule has 0 N–H and O–H groups in total. The third-order valence-corrected chi connectivity index (χ3v) is 5.44. The minimum atomic E-state index is 0.662. The van der Waals surface area contributed by atoms with Crippen molar-refractivity contribution in [3.05, 3.63) is 54.1 Å². The normalized spacial score (nSPS) is 13.2. The molecule has 0 amide bonds. The number of nitrogens with zero attached hydrogens (tertiary/aromatic N) is 5. The standard InChI is InChI=1S/C21H23N5O2S/c1-25(2)12-13-28-16-10-8-15(9-11-16)18-14-29-21-23-22-20(26(21)24-18)17-6-4-5-7-19(17)27-3/h4-11H,12-14H2,1-3H3. The number of hydrogen-bond donors (Lipinski definition) is 0. The van der Waals surface area contributed by atoms with Crippen molar-refractivity contribution in [1.29, 1.82) is 0 Å². The number of thioether (sulfide) groups is 1. The van der Waals surface area contributed by atoms with Crippen LogP contribution in [0, 0.1) is 0 Å². The molecule has 2 aromatic carbocycles. The summed E-state index contributed by atoms with van der Waals surface area (Å²) in [5.41, 5.74) is 2.89. The van der Waals surface area contributed by atoms with Crippen molar-refractivity contribution >= 4 is 17.5 Å². The zero-order valence-electron chi connectivity index (χ0n) is 16.7. The first-order chi connectivity index (χ1) is 14.2. The third kappa shape index (κ3) is 4.28. The van der Waals surface area contributed by atoms with Crippen molar-refractivity contribution in [3.8, 4) is 22.9 Å². The molecular formula is C21H23N5O2S. The highest BCUT2D eigenvalue weighted by atomic mass is 32.2. The van der Waals surface area contributed by atoms with Crippen LogP contribution in [-0.2, 0) is 0 Å². The van der Waals surface area contributed by atoms with E-state index in [4.69, 9.17) is 14.6 Å². The monoisotopic (exact) mass is 409 g/mol. The highest BCUT2D eigenvalue weighted by molar-refractivity contribution is 7.99. The Bertz CT molecular complexity index is 1010. The Labute approximate surface area is 174 Å². The molecule has 2 heterocycles. The summed E-state index contributed by atoms with van der Waals surface area (Å²) < 4.78 is 13.1. The molecule has 0 bridgehead atoms. The van der Waals surface area contributed by atoms with Gasteiger partial charge < -0.3 is 14.4 Å². The Morgan fingerprint density at radius 1 is 1.07 bits per heavy atom. The summed E-state index contributed by atoms with van der Waals surface area (Å²) in [4.78, 5) is 2.10. The van der Waals surface area contributed by atoms with Crippen molar-refractivity contribution in [3.63, 3.8) is 0 Å². The molecule has 1 aliphatic rings. The summed E-state index contributed by atoms with van der Waals surface area (Å²) in [7, 11) is 5.71. The minimum absolute atomic E-state index is 0.662. The van der Waals surface area contributed by atoms with Gasteiger partial charge in [0.25, 0.3) is 0 Å². The lowest BCUT2D eigenvalue weighted by Gasteiger charge is -2.15. The first-order valence-electron chi connectivity index (χ1n) is 9.33. The van der Waals surface area contributed by atoms with Crippen LogP contribution in [0.2, 0.25) is 0 Å². The summed E-state index contributed by atoms with van der Waals surface area (Å²) in [6.45, 7) is 1.54. The number of aromatic nitrogens is 3. The van der Waals surface area contributed by atoms with Crippen LogP contribution in [-0.4, -0.2) is 65.6 Å². The number of ether oxygens (including phenoxy) is 2. The zero-order chi connectivity index (χ0) is 20.2. The molecule has 0 saturated heterocycles. The van der Waals surface area contributed by atoms with E-state index in [1.807, 2.05) is 62.6 Å². The summed E-state index contributed by atoms with van der Waals surface area (Å²) in [5, 5.41) is 14.2. The van der Waals surface area contributed by atoms with E-state index in [2.05, 4.69) is 15.1 Å². The Hall–Kier alpha value is -2.84. The van der Waals surface area contributed by atoms with Gasteiger partial charge in [-0.15, -0.1) is 10.2 Å². The van der Waals surface area contributed by atoms with E-state index in [-0.39, 0.29) is 0 Å². The Morgan fingerprint density at radius 2 is 1.86 bits per heavy atom. The Kier molecular flexibility index (Phi) is 5.82. The number of para-hydroxylation sites is 1. The maximum Gasteiger partial charge on any atom is 0.212 e. The van der Waals surface area contributed by atoms with Gasteiger partial charge in [0.1, 0.15) is 18.1 Å². The Morgan fingerprint density at radius 3 is 2.62 bits per heavy atom. The van der Waals surface area contributed by atoms with Gasteiger partial charge >= 0.3 is 0 Å². The molecule has 8 heteroatoms. The molecule has 0 fully saturated rings. The fraction of sp³-hybridized carbons (Fsp3) is 0.286. The third-order valence-electron chi connectivity index (χ3n) is 4.51. The van der Waals surface area contributed by atoms with E-state index in [9.17, 15) is 0 Å².